The zero-order chi connectivity index (χ0) is 13.5. The van der Waals surface area contributed by atoms with Crippen LogP contribution in [0.25, 0.3) is 0 Å². The van der Waals surface area contributed by atoms with Crippen LogP contribution in [0.3, 0.4) is 0 Å². The molecule has 0 saturated carbocycles. The van der Waals surface area contributed by atoms with Gasteiger partial charge in [0.25, 0.3) is 0 Å². The zero-order valence-corrected chi connectivity index (χ0v) is 11.3. The summed E-state index contributed by atoms with van der Waals surface area (Å²) in [6, 6.07) is 5.10. The first-order valence-electron chi connectivity index (χ1n) is 5.78. The van der Waals surface area contributed by atoms with Gasteiger partial charge in [-0.3, -0.25) is 4.79 Å². The Kier molecular flexibility index (Phi) is 5.71. The molecular formula is C13H17NO3S. The van der Waals surface area contributed by atoms with E-state index in [0.717, 1.165) is 11.3 Å². The van der Waals surface area contributed by atoms with Crippen molar-refractivity contribution in [3.63, 3.8) is 0 Å². The molecule has 4 nitrogen and oxygen atoms in total. The lowest BCUT2D eigenvalue weighted by Gasteiger charge is -2.06. The number of benzene rings is 1. The largest absolute Gasteiger partial charge is 0.478 e. The summed E-state index contributed by atoms with van der Waals surface area (Å²) < 4.78 is 0. The van der Waals surface area contributed by atoms with E-state index in [9.17, 15) is 9.59 Å². The Balaban J connectivity index is 2.56. The molecule has 0 heterocycles. The first-order chi connectivity index (χ1) is 8.54. The fraction of sp³-hybridized carbons (Fsp3) is 0.385. The van der Waals surface area contributed by atoms with Crippen molar-refractivity contribution in [2.45, 2.75) is 25.2 Å². The molecule has 0 spiro atoms. The number of carboxylic acids is 1. The van der Waals surface area contributed by atoms with Crippen molar-refractivity contribution < 1.29 is 14.7 Å². The second kappa shape index (κ2) is 7.06. The summed E-state index contributed by atoms with van der Waals surface area (Å²) in [7, 11) is 0. The highest BCUT2D eigenvalue weighted by atomic mass is 32.2. The lowest BCUT2D eigenvalue weighted by atomic mass is 10.1. The van der Waals surface area contributed by atoms with Crippen molar-refractivity contribution >= 4 is 23.6 Å². The van der Waals surface area contributed by atoms with Crippen molar-refractivity contribution in [1.82, 2.24) is 5.32 Å². The second-order valence-corrected chi connectivity index (χ2v) is 4.97. The Hall–Kier alpha value is -1.49. The molecule has 1 aromatic carbocycles. The van der Waals surface area contributed by atoms with Gasteiger partial charge in [0, 0.05) is 11.4 Å². The lowest BCUT2D eigenvalue weighted by molar-refractivity contribution is -0.118. The summed E-state index contributed by atoms with van der Waals surface area (Å²) in [6.45, 7) is 4.45. The van der Waals surface area contributed by atoms with E-state index in [1.165, 1.54) is 11.8 Å². The van der Waals surface area contributed by atoms with Gasteiger partial charge in [-0.25, -0.2) is 4.79 Å². The van der Waals surface area contributed by atoms with Crippen LogP contribution in [-0.4, -0.2) is 29.3 Å². The van der Waals surface area contributed by atoms with Crippen LogP contribution in [0.4, 0.5) is 0 Å². The van der Waals surface area contributed by atoms with Crippen LogP contribution in [0, 0.1) is 6.92 Å². The van der Waals surface area contributed by atoms with Gasteiger partial charge in [-0.05, 0) is 37.1 Å². The van der Waals surface area contributed by atoms with Crippen LogP contribution in [0.1, 0.15) is 29.3 Å². The van der Waals surface area contributed by atoms with E-state index in [1.54, 1.807) is 25.1 Å². The van der Waals surface area contributed by atoms with Crippen LogP contribution in [0.5, 0.6) is 0 Å². The van der Waals surface area contributed by atoms with Gasteiger partial charge in [0.15, 0.2) is 0 Å². The molecule has 0 fully saturated rings. The molecule has 98 valence electrons. The van der Waals surface area contributed by atoms with Crippen molar-refractivity contribution in [3.05, 3.63) is 29.3 Å². The van der Waals surface area contributed by atoms with Gasteiger partial charge in [-0.2, -0.15) is 0 Å². The highest BCUT2D eigenvalue weighted by Crippen LogP contribution is 2.21. The molecule has 5 heteroatoms. The molecule has 0 radical (unpaired) electrons. The summed E-state index contributed by atoms with van der Waals surface area (Å²) in [5.41, 5.74) is 1.01. The van der Waals surface area contributed by atoms with Gasteiger partial charge < -0.3 is 10.4 Å². The van der Waals surface area contributed by atoms with Gasteiger partial charge in [0.1, 0.15) is 0 Å². The Bertz CT molecular complexity index is 446. The highest BCUT2D eigenvalue weighted by Gasteiger charge is 2.08. The topological polar surface area (TPSA) is 66.4 Å². The molecule has 0 aliphatic rings. The molecule has 18 heavy (non-hydrogen) atoms. The van der Waals surface area contributed by atoms with E-state index in [-0.39, 0.29) is 5.91 Å². The summed E-state index contributed by atoms with van der Waals surface area (Å²) in [5, 5.41) is 11.7. The van der Waals surface area contributed by atoms with Crippen LogP contribution >= 0.6 is 11.8 Å². The zero-order valence-electron chi connectivity index (χ0n) is 10.5. The first kappa shape index (κ1) is 14.6. The standard InChI is InChI=1S/C13H17NO3S/c1-3-6-14-12(15)8-18-10-4-5-11(13(16)17)9(2)7-10/h4-5,7H,3,6,8H2,1-2H3,(H,14,15)(H,16,17). The highest BCUT2D eigenvalue weighted by molar-refractivity contribution is 8.00. The average Bonchev–Trinajstić information content (AvgIpc) is 2.33. The Morgan fingerprint density at radius 3 is 2.67 bits per heavy atom. The third-order valence-electron chi connectivity index (χ3n) is 2.37. The molecule has 0 saturated heterocycles. The number of nitrogens with one attached hydrogen (secondary N) is 1. The summed E-state index contributed by atoms with van der Waals surface area (Å²) >= 11 is 1.41. The monoisotopic (exact) mass is 267 g/mol. The maximum atomic E-state index is 11.4. The number of carboxylic acid groups (broad SMARTS) is 1. The lowest BCUT2D eigenvalue weighted by Crippen LogP contribution is -2.25. The number of aryl methyl sites for hydroxylation is 1. The van der Waals surface area contributed by atoms with Gasteiger partial charge in [0.05, 0.1) is 11.3 Å². The normalized spacial score (nSPS) is 10.1. The molecule has 0 bridgehead atoms. The summed E-state index contributed by atoms with van der Waals surface area (Å²) in [5.74, 6) is -0.571. The van der Waals surface area contributed by atoms with Crippen molar-refractivity contribution in [1.29, 1.82) is 0 Å². The first-order valence-corrected chi connectivity index (χ1v) is 6.76. The number of aromatic carboxylic acids is 1. The van der Waals surface area contributed by atoms with E-state index in [1.807, 2.05) is 6.92 Å². The number of hydrogen-bond acceptors (Lipinski definition) is 3. The maximum absolute atomic E-state index is 11.4. The fourth-order valence-corrected chi connectivity index (χ4v) is 2.25. The van der Waals surface area contributed by atoms with Crippen molar-refractivity contribution in [2.24, 2.45) is 0 Å². The van der Waals surface area contributed by atoms with Crippen LogP contribution in [0.15, 0.2) is 23.1 Å². The summed E-state index contributed by atoms with van der Waals surface area (Å²) in [4.78, 5) is 23.2. The van der Waals surface area contributed by atoms with E-state index in [2.05, 4.69) is 5.32 Å². The van der Waals surface area contributed by atoms with Crippen molar-refractivity contribution in [2.75, 3.05) is 12.3 Å². The molecule has 0 aromatic heterocycles. The predicted molar refractivity (Wildman–Crippen MR) is 72.2 cm³/mol. The van der Waals surface area contributed by atoms with E-state index in [4.69, 9.17) is 5.11 Å². The van der Waals surface area contributed by atoms with E-state index in [0.29, 0.717) is 23.4 Å². The van der Waals surface area contributed by atoms with Gasteiger partial charge >= 0.3 is 5.97 Å². The Morgan fingerprint density at radius 2 is 2.11 bits per heavy atom. The number of carbonyl (C=O) groups excluding carboxylic acids is 1. The van der Waals surface area contributed by atoms with Gasteiger partial charge in [0.2, 0.25) is 5.91 Å². The number of carbonyl (C=O) groups is 2. The Morgan fingerprint density at radius 1 is 1.39 bits per heavy atom. The van der Waals surface area contributed by atoms with Crippen LogP contribution in [0.2, 0.25) is 0 Å². The van der Waals surface area contributed by atoms with Crippen LogP contribution < -0.4 is 5.32 Å². The third kappa shape index (κ3) is 4.41. The third-order valence-corrected chi connectivity index (χ3v) is 3.36. The molecule has 1 rings (SSSR count). The molecule has 0 unspecified atom stereocenters. The molecular weight excluding hydrogens is 250 g/mol. The maximum Gasteiger partial charge on any atom is 0.335 e. The molecule has 1 amide bonds. The average molecular weight is 267 g/mol. The van der Waals surface area contributed by atoms with Crippen LogP contribution in [-0.2, 0) is 4.79 Å². The van der Waals surface area contributed by atoms with E-state index < -0.39 is 5.97 Å². The molecule has 1 aromatic rings. The molecule has 0 atom stereocenters. The number of hydrogen-bond donors (Lipinski definition) is 2. The van der Waals surface area contributed by atoms with E-state index >= 15 is 0 Å². The molecule has 2 N–H and O–H groups in total. The number of rotatable bonds is 6. The van der Waals surface area contributed by atoms with Gasteiger partial charge in [-0.1, -0.05) is 6.92 Å². The number of thioether (sulfide) groups is 1. The predicted octanol–water partition coefficient (Wildman–Crippen LogP) is 2.31. The minimum Gasteiger partial charge on any atom is -0.478 e. The molecule has 0 aliphatic carbocycles. The minimum absolute atomic E-state index is 0.00168. The second-order valence-electron chi connectivity index (χ2n) is 3.92. The summed E-state index contributed by atoms with van der Waals surface area (Å²) in [6.07, 6.45) is 0.919. The van der Waals surface area contributed by atoms with Gasteiger partial charge in [-0.15, -0.1) is 11.8 Å². The quantitative estimate of drug-likeness (QED) is 0.776. The van der Waals surface area contributed by atoms with Crippen molar-refractivity contribution in [3.8, 4) is 0 Å². The smallest absolute Gasteiger partial charge is 0.335 e. The molecule has 0 aliphatic heterocycles. The Labute approximate surface area is 111 Å². The SMILES string of the molecule is CCCNC(=O)CSc1ccc(C(=O)O)c(C)c1. The fourth-order valence-electron chi connectivity index (χ4n) is 1.43. The minimum atomic E-state index is -0.926. The number of amides is 1.